The maximum Gasteiger partial charge on any atom is 0.238 e. The van der Waals surface area contributed by atoms with Gasteiger partial charge in [0, 0.05) is 12.4 Å². The van der Waals surface area contributed by atoms with Crippen LogP contribution in [0.4, 0.5) is 0 Å². The van der Waals surface area contributed by atoms with E-state index in [0.717, 1.165) is 0 Å². The van der Waals surface area contributed by atoms with Crippen LogP contribution in [0.15, 0.2) is 24.5 Å². The summed E-state index contributed by atoms with van der Waals surface area (Å²) in [4.78, 5) is 14.4. The normalized spacial score (nSPS) is 12.5. The molecule has 0 aromatic carbocycles. The summed E-state index contributed by atoms with van der Waals surface area (Å²) in [7, 11) is 0. The number of primary amides is 1. The predicted octanol–water partition coefficient (Wildman–Crippen LogP) is -0.433. The molecule has 0 aliphatic rings. The third kappa shape index (κ3) is 1.75. The van der Waals surface area contributed by atoms with Gasteiger partial charge in [0.2, 0.25) is 5.91 Å². The Bertz CT molecular complexity index is 247. The molecule has 0 aliphatic carbocycles. The van der Waals surface area contributed by atoms with Crippen molar-refractivity contribution >= 4 is 5.91 Å². The zero-order valence-electron chi connectivity index (χ0n) is 5.90. The maximum atomic E-state index is 10.6. The van der Waals surface area contributed by atoms with E-state index in [-0.39, 0.29) is 0 Å². The molecule has 0 saturated heterocycles. The lowest BCUT2D eigenvalue weighted by Crippen LogP contribution is -2.28. The molecule has 1 atom stereocenters. The Balaban J connectivity index is 2.85. The fourth-order valence-electron chi connectivity index (χ4n) is 0.735. The molecule has 0 fully saturated rings. The number of pyridine rings is 1. The molecule has 0 spiro atoms. The number of rotatable bonds is 2. The van der Waals surface area contributed by atoms with Crippen LogP contribution in [0, 0.1) is 0 Å². The molecule has 4 N–H and O–H groups in total. The number of hydrogen-bond acceptors (Lipinski definition) is 3. The summed E-state index contributed by atoms with van der Waals surface area (Å²) in [5.74, 6) is -0.531. The lowest BCUT2D eigenvalue weighted by molar-refractivity contribution is -0.119. The van der Waals surface area contributed by atoms with Gasteiger partial charge in [0.25, 0.3) is 0 Å². The maximum absolute atomic E-state index is 10.6. The van der Waals surface area contributed by atoms with E-state index >= 15 is 0 Å². The van der Waals surface area contributed by atoms with Gasteiger partial charge in [-0.05, 0) is 17.7 Å². The van der Waals surface area contributed by atoms with Gasteiger partial charge in [0.1, 0.15) is 6.04 Å². The highest BCUT2D eigenvalue weighted by molar-refractivity contribution is 5.81. The van der Waals surface area contributed by atoms with Gasteiger partial charge < -0.3 is 11.5 Å². The van der Waals surface area contributed by atoms with Gasteiger partial charge in [-0.15, -0.1) is 0 Å². The number of aromatic nitrogens is 1. The van der Waals surface area contributed by atoms with Gasteiger partial charge in [0.05, 0.1) is 0 Å². The van der Waals surface area contributed by atoms with E-state index in [1.54, 1.807) is 24.5 Å². The van der Waals surface area contributed by atoms with Crippen molar-refractivity contribution in [1.29, 1.82) is 0 Å². The van der Waals surface area contributed by atoms with Crippen molar-refractivity contribution in [3.63, 3.8) is 0 Å². The highest BCUT2D eigenvalue weighted by atomic mass is 16.1. The first kappa shape index (κ1) is 7.68. The highest BCUT2D eigenvalue weighted by Gasteiger charge is 2.10. The van der Waals surface area contributed by atoms with Gasteiger partial charge in [-0.2, -0.15) is 0 Å². The van der Waals surface area contributed by atoms with Crippen LogP contribution in [-0.4, -0.2) is 10.9 Å². The standard InChI is InChI=1S/C7H9N3O/c8-6(7(9)11)5-1-3-10-4-2-5/h1-4,6H,8H2,(H2,9,11). The zero-order chi connectivity index (χ0) is 8.27. The van der Waals surface area contributed by atoms with Crippen LogP contribution >= 0.6 is 0 Å². The lowest BCUT2D eigenvalue weighted by atomic mass is 10.1. The molecule has 1 unspecified atom stereocenters. The molecule has 0 aliphatic heterocycles. The molecular formula is C7H9N3O. The average Bonchev–Trinajstić information content (AvgIpc) is 2.05. The number of hydrogen-bond donors (Lipinski definition) is 2. The Morgan fingerprint density at radius 3 is 2.45 bits per heavy atom. The van der Waals surface area contributed by atoms with E-state index in [9.17, 15) is 4.79 Å². The van der Waals surface area contributed by atoms with Crippen LogP contribution in [0.1, 0.15) is 11.6 Å². The molecule has 58 valence electrons. The predicted molar refractivity (Wildman–Crippen MR) is 40.4 cm³/mol. The van der Waals surface area contributed by atoms with Crippen molar-refractivity contribution in [2.45, 2.75) is 6.04 Å². The molecule has 1 amide bonds. The molecule has 1 rings (SSSR count). The van der Waals surface area contributed by atoms with E-state index in [1.165, 1.54) is 0 Å². The summed E-state index contributed by atoms with van der Waals surface area (Å²) in [5.41, 5.74) is 11.1. The minimum atomic E-state index is -0.724. The Morgan fingerprint density at radius 2 is 2.00 bits per heavy atom. The first-order chi connectivity index (χ1) is 5.22. The number of carbonyl (C=O) groups is 1. The first-order valence-electron chi connectivity index (χ1n) is 3.16. The SMILES string of the molecule is NC(=O)C(N)c1ccncc1. The van der Waals surface area contributed by atoms with Gasteiger partial charge >= 0.3 is 0 Å². The smallest absolute Gasteiger partial charge is 0.238 e. The van der Waals surface area contributed by atoms with E-state index < -0.39 is 11.9 Å². The molecule has 1 aromatic rings. The minimum Gasteiger partial charge on any atom is -0.368 e. The summed E-state index contributed by atoms with van der Waals surface area (Å²) in [6.07, 6.45) is 3.14. The first-order valence-corrected chi connectivity index (χ1v) is 3.16. The third-order valence-corrected chi connectivity index (χ3v) is 1.37. The molecule has 1 aromatic heterocycles. The fraction of sp³-hybridized carbons (Fsp3) is 0.143. The fourth-order valence-corrected chi connectivity index (χ4v) is 0.735. The van der Waals surface area contributed by atoms with E-state index in [2.05, 4.69) is 4.98 Å². The topological polar surface area (TPSA) is 82.0 Å². The van der Waals surface area contributed by atoms with Crippen LogP contribution in [-0.2, 0) is 4.79 Å². The summed E-state index contributed by atoms with van der Waals surface area (Å²) in [6.45, 7) is 0. The van der Waals surface area contributed by atoms with Crippen molar-refractivity contribution < 1.29 is 4.79 Å². The van der Waals surface area contributed by atoms with Crippen molar-refractivity contribution in [2.75, 3.05) is 0 Å². The summed E-state index contributed by atoms with van der Waals surface area (Å²) in [5, 5.41) is 0. The minimum absolute atomic E-state index is 0.531. The monoisotopic (exact) mass is 151 g/mol. The highest BCUT2D eigenvalue weighted by Crippen LogP contribution is 2.06. The number of nitrogens with zero attached hydrogens (tertiary/aromatic N) is 1. The molecule has 4 heteroatoms. The van der Waals surface area contributed by atoms with Gasteiger partial charge in [-0.25, -0.2) is 0 Å². The summed E-state index contributed by atoms with van der Waals surface area (Å²) in [6, 6.07) is 2.60. The van der Waals surface area contributed by atoms with E-state index in [0.29, 0.717) is 5.56 Å². The quantitative estimate of drug-likeness (QED) is 0.601. The molecule has 11 heavy (non-hydrogen) atoms. The number of amides is 1. The molecule has 0 radical (unpaired) electrons. The molecule has 1 heterocycles. The largest absolute Gasteiger partial charge is 0.368 e. The van der Waals surface area contributed by atoms with E-state index in [4.69, 9.17) is 11.5 Å². The van der Waals surface area contributed by atoms with Crippen LogP contribution in [0.25, 0.3) is 0 Å². The Morgan fingerprint density at radius 1 is 1.45 bits per heavy atom. The number of carbonyl (C=O) groups excluding carboxylic acids is 1. The molecule has 0 bridgehead atoms. The van der Waals surface area contributed by atoms with Gasteiger partial charge in [0.15, 0.2) is 0 Å². The van der Waals surface area contributed by atoms with Crippen LogP contribution in [0.2, 0.25) is 0 Å². The van der Waals surface area contributed by atoms with Crippen LogP contribution in [0.5, 0.6) is 0 Å². The van der Waals surface area contributed by atoms with Crippen LogP contribution in [0.3, 0.4) is 0 Å². The second kappa shape index (κ2) is 3.12. The van der Waals surface area contributed by atoms with Crippen molar-refractivity contribution in [3.8, 4) is 0 Å². The Hall–Kier alpha value is -1.42. The lowest BCUT2D eigenvalue weighted by Gasteiger charge is -2.05. The Kier molecular flexibility index (Phi) is 2.18. The van der Waals surface area contributed by atoms with Gasteiger partial charge in [-0.1, -0.05) is 0 Å². The van der Waals surface area contributed by atoms with Gasteiger partial charge in [-0.3, -0.25) is 9.78 Å². The van der Waals surface area contributed by atoms with Crippen LogP contribution < -0.4 is 11.5 Å². The average molecular weight is 151 g/mol. The molecule has 0 saturated carbocycles. The number of nitrogens with two attached hydrogens (primary N) is 2. The van der Waals surface area contributed by atoms with Crippen molar-refractivity contribution in [1.82, 2.24) is 4.98 Å². The summed E-state index contributed by atoms with van der Waals surface area (Å²) >= 11 is 0. The molecule has 4 nitrogen and oxygen atoms in total. The van der Waals surface area contributed by atoms with Crippen molar-refractivity contribution in [3.05, 3.63) is 30.1 Å². The second-order valence-corrected chi connectivity index (χ2v) is 2.16. The Labute approximate surface area is 64.2 Å². The third-order valence-electron chi connectivity index (χ3n) is 1.37. The second-order valence-electron chi connectivity index (χ2n) is 2.16. The molecular weight excluding hydrogens is 142 g/mol. The van der Waals surface area contributed by atoms with E-state index in [1.807, 2.05) is 0 Å². The zero-order valence-corrected chi connectivity index (χ0v) is 5.90. The summed E-state index contributed by atoms with van der Waals surface area (Å²) < 4.78 is 0. The van der Waals surface area contributed by atoms with Crippen molar-refractivity contribution in [2.24, 2.45) is 11.5 Å².